The Morgan fingerprint density at radius 3 is 1.61 bits per heavy atom. The number of esters is 1. The largest absolute Gasteiger partial charge is 0.507 e. The topological polar surface area (TPSA) is 66.8 Å². The number of hydrogen-bond acceptors (Lipinski definition) is 4. The zero-order valence-corrected chi connectivity index (χ0v) is 26.2. The van der Waals surface area contributed by atoms with Gasteiger partial charge < -0.3 is 14.9 Å². The van der Waals surface area contributed by atoms with E-state index in [-0.39, 0.29) is 46.6 Å². The highest BCUT2D eigenvalue weighted by atomic mass is 16.5. The van der Waals surface area contributed by atoms with Gasteiger partial charge in [0.15, 0.2) is 0 Å². The second-order valence-corrected chi connectivity index (χ2v) is 14.9. The number of benzene rings is 2. The number of phenols is 1. The van der Waals surface area contributed by atoms with E-state index in [1.165, 1.54) is 0 Å². The van der Waals surface area contributed by atoms with Crippen molar-refractivity contribution in [1.29, 1.82) is 0 Å². The van der Waals surface area contributed by atoms with Gasteiger partial charge in [0.2, 0.25) is 0 Å². The standard InChI is InChI=1S/C34H52O4/c1-21(24-17-22(31(2,3)4)19-26(29(24)37)33(8,9)10)25-18-23(32(5,6)7)20-27(34(11,12)13)30(25)38-28(36)15-14-16-35/h17-21,35,37H,14-16H2,1-13H3. The van der Waals surface area contributed by atoms with Crippen LogP contribution in [0.4, 0.5) is 0 Å². The van der Waals surface area contributed by atoms with Gasteiger partial charge in [0.25, 0.3) is 0 Å². The lowest BCUT2D eigenvalue weighted by molar-refractivity contribution is -0.134. The number of aliphatic hydroxyl groups excluding tert-OH is 1. The van der Waals surface area contributed by atoms with Crippen molar-refractivity contribution >= 4 is 5.97 Å². The fraction of sp³-hybridized carbons (Fsp3) is 0.618. The molecule has 0 fully saturated rings. The van der Waals surface area contributed by atoms with Crippen molar-refractivity contribution < 1.29 is 19.7 Å². The first-order chi connectivity index (χ1) is 17.1. The monoisotopic (exact) mass is 524 g/mol. The number of aliphatic hydroxyl groups is 1. The van der Waals surface area contributed by atoms with Crippen molar-refractivity contribution in [3.05, 3.63) is 57.6 Å². The number of ether oxygens (including phenoxy) is 1. The Hall–Kier alpha value is -2.33. The molecule has 0 saturated carbocycles. The van der Waals surface area contributed by atoms with Crippen molar-refractivity contribution in [3.63, 3.8) is 0 Å². The molecule has 0 bridgehead atoms. The van der Waals surface area contributed by atoms with E-state index in [2.05, 4.69) is 114 Å². The van der Waals surface area contributed by atoms with Crippen LogP contribution in [0.25, 0.3) is 0 Å². The third-order valence-corrected chi connectivity index (χ3v) is 7.29. The van der Waals surface area contributed by atoms with Crippen LogP contribution >= 0.6 is 0 Å². The minimum Gasteiger partial charge on any atom is -0.507 e. The van der Waals surface area contributed by atoms with Crippen molar-refractivity contribution in [1.82, 2.24) is 0 Å². The third-order valence-electron chi connectivity index (χ3n) is 7.29. The predicted molar refractivity (Wildman–Crippen MR) is 159 cm³/mol. The normalized spacial score (nSPS) is 13.9. The number of aromatic hydroxyl groups is 1. The smallest absolute Gasteiger partial charge is 0.311 e. The molecule has 2 aromatic rings. The highest BCUT2D eigenvalue weighted by Gasteiger charge is 2.32. The van der Waals surface area contributed by atoms with Gasteiger partial charge in [0.05, 0.1) is 0 Å². The van der Waals surface area contributed by atoms with E-state index < -0.39 is 0 Å². The van der Waals surface area contributed by atoms with Crippen LogP contribution in [-0.4, -0.2) is 22.8 Å². The van der Waals surface area contributed by atoms with E-state index in [4.69, 9.17) is 4.74 Å². The summed E-state index contributed by atoms with van der Waals surface area (Å²) in [6, 6.07) is 8.56. The molecular formula is C34H52O4. The van der Waals surface area contributed by atoms with E-state index in [1.807, 2.05) is 0 Å². The summed E-state index contributed by atoms with van der Waals surface area (Å²) in [5.41, 5.74) is 5.15. The van der Waals surface area contributed by atoms with Gasteiger partial charge in [-0.1, -0.05) is 114 Å². The minimum absolute atomic E-state index is 0.0590. The highest BCUT2D eigenvalue weighted by Crippen LogP contribution is 2.47. The summed E-state index contributed by atoms with van der Waals surface area (Å²) in [5.74, 6) is 0.278. The first-order valence-corrected chi connectivity index (χ1v) is 14.0. The molecule has 0 radical (unpaired) electrons. The lowest BCUT2D eigenvalue weighted by Crippen LogP contribution is -2.22. The molecule has 0 spiro atoms. The number of hydrogen-bond donors (Lipinski definition) is 2. The molecule has 4 heteroatoms. The molecule has 1 atom stereocenters. The summed E-state index contributed by atoms with van der Waals surface area (Å²) in [7, 11) is 0. The van der Waals surface area contributed by atoms with Crippen molar-refractivity contribution in [2.45, 2.75) is 130 Å². The van der Waals surface area contributed by atoms with Crippen molar-refractivity contribution in [2.75, 3.05) is 6.61 Å². The summed E-state index contributed by atoms with van der Waals surface area (Å²) >= 11 is 0. The van der Waals surface area contributed by atoms with E-state index in [1.54, 1.807) is 0 Å². The molecule has 2 aromatic carbocycles. The first-order valence-electron chi connectivity index (χ1n) is 14.0. The third kappa shape index (κ3) is 7.40. The minimum atomic E-state index is -0.357. The van der Waals surface area contributed by atoms with Gasteiger partial charge >= 0.3 is 5.97 Å². The summed E-state index contributed by atoms with van der Waals surface area (Å²) in [6.07, 6.45) is 0.506. The Bertz CT molecular complexity index is 1150. The van der Waals surface area contributed by atoms with Crippen LogP contribution in [0.3, 0.4) is 0 Å². The van der Waals surface area contributed by atoms with Crippen molar-refractivity contribution in [3.8, 4) is 11.5 Å². The zero-order valence-electron chi connectivity index (χ0n) is 26.2. The van der Waals surface area contributed by atoms with Crippen LogP contribution in [0.1, 0.15) is 142 Å². The summed E-state index contributed by atoms with van der Waals surface area (Å²) in [5, 5.41) is 20.9. The maximum absolute atomic E-state index is 12.9. The molecule has 0 aromatic heterocycles. The van der Waals surface area contributed by atoms with Gasteiger partial charge in [0, 0.05) is 35.6 Å². The fourth-order valence-corrected chi connectivity index (χ4v) is 4.62. The Labute approximate surface area is 231 Å². The van der Waals surface area contributed by atoms with Gasteiger partial charge in [-0.2, -0.15) is 0 Å². The molecule has 38 heavy (non-hydrogen) atoms. The Morgan fingerprint density at radius 1 is 0.737 bits per heavy atom. The van der Waals surface area contributed by atoms with Crippen LogP contribution in [0.5, 0.6) is 11.5 Å². The van der Waals surface area contributed by atoms with Crippen molar-refractivity contribution in [2.24, 2.45) is 0 Å². The van der Waals surface area contributed by atoms with Crippen LogP contribution in [0.15, 0.2) is 24.3 Å². The summed E-state index contributed by atoms with van der Waals surface area (Å²) < 4.78 is 6.12. The van der Waals surface area contributed by atoms with E-state index in [0.29, 0.717) is 17.9 Å². The highest BCUT2D eigenvalue weighted by molar-refractivity contribution is 5.74. The zero-order chi connectivity index (χ0) is 29.4. The van der Waals surface area contributed by atoms with Gasteiger partial charge in [-0.3, -0.25) is 4.79 Å². The lowest BCUT2D eigenvalue weighted by atomic mass is 9.74. The molecule has 0 heterocycles. The number of rotatable bonds is 6. The molecule has 212 valence electrons. The second kappa shape index (κ2) is 11.0. The molecule has 4 nitrogen and oxygen atoms in total. The Balaban J connectivity index is 2.97. The molecule has 0 amide bonds. The molecule has 2 rings (SSSR count). The first kappa shape index (κ1) is 31.9. The van der Waals surface area contributed by atoms with Crippen LogP contribution in [0.2, 0.25) is 0 Å². The van der Waals surface area contributed by atoms with E-state index >= 15 is 0 Å². The maximum atomic E-state index is 12.9. The van der Waals surface area contributed by atoms with Gasteiger partial charge in [-0.15, -0.1) is 0 Å². The number of carbonyl (C=O) groups is 1. The van der Waals surface area contributed by atoms with Gasteiger partial charge in [0.1, 0.15) is 11.5 Å². The molecule has 0 aliphatic rings. The molecular weight excluding hydrogens is 472 g/mol. The fourth-order valence-electron chi connectivity index (χ4n) is 4.62. The molecule has 0 saturated heterocycles. The summed E-state index contributed by atoms with van der Waals surface area (Å²) in [4.78, 5) is 12.9. The SMILES string of the molecule is CC(c1cc(C(C)(C)C)cc(C(C)(C)C)c1O)c1cc(C(C)(C)C)cc(C(C)(C)C)c1OC(=O)CCCO. The van der Waals surface area contributed by atoms with E-state index in [0.717, 1.165) is 33.4 Å². The predicted octanol–water partition coefficient (Wildman–Crippen LogP) is 8.41. The Morgan fingerprint density at radius 2 is 1.18 bits per heavy atom. The van der Waals surface area contributed by atoms with E-state index in [9.17, 15) is 15.0 Å². The van der Waals surface area contributed by atoms with Gasteiger partial charge in [-0.05, 0) is 44.8 Å². The lowest BCUT2D eigenvalue weighted by Gasteiger charge is -2.32. The average Bonchev–Trinajstić information content (AvgIpc) is 2.74. The molecule has 0 aliphatic carbocycles. The summed E-state index contributed by atoms with van der Waals surface area (Å²) in [6.45, 7) is 27.9. The number of carbonyl (C=O) groups excluding carboxylic acids is 1. The molecule has 2 N–H and O–H groups in total. The number of phenolic OH excluding ortho intramolecular Hbond substituents is 1. The van der Waals surface area contributed by atoms with Crippen LogP contribution in [-0.2, 0) is 26.5 Å². The van der Waals surface area contributed by atoms with Gasteiger partial charge in [-0.25, -0.2) is 0 Å². The molecule has 1 unspecified atom stereocenters. The van der Waals surface area contributed by atoms with Crippen LogP contribution in [0, 0.1) is 0 Å². The van der Waals surface area contributed by atoms with Crippen LogP contribution < -0.4 is 4.74 Å². The second-order valence-electron chi connectivity index (χ2n) is 14.9. The quantitative estimate of drug-likeness (QED) is 0.294. The average molecular weight is 525 g/mol. The molecule has 0 aliphatic heterocycles. The maximum Gasteiger partial charge on any atom is 0.311 e. The Kier molecular flexibility index (Phi) is 9.26.